The Hall–Kier alpha value is -1.36. The maximum atomic E-state index is 12.6. The Balaban J connectivity index is 2.76. The number of carbonyl (C=O) groups is 1. The lowest BCUT2D eigenvalue weighted by Gasteiger charge is -2.32. The molecule has 0 aliphatic heterocycles. The molecule has 1 aromatic rings. The Morgan fingerprint density at radius 3 is 2.53 bits per heavy atom. The normalized spacial score (nSPS) is 13.3. The van der Waals surface area contributed by atoms with E-state index in [0.717, 1.165) is 31.2 Å². The zero-order chi connectivity index (χ0) is 14.3. The molecule has 1 amide bonds. The van der Waals surface area contributed by atoms with Gasteiger partial charge in [0.05, 0.1) is 17.7 Å². The number of nitrogens with two attached hydrogens (primary N) is 1. The molecule has 1 rings (SSSR count). The highest BCUT2D eigenvalue weighted by Crippen LogP contribution is 2.30. The highest BCUT2D eigenvalue weighted by molar-refractivity contribution is 5.83. The summed E-state index contributed by atoms with van der Waals surface area (Å²) in [5.41, 5.74) is 6.45. The number of hydrogen-bond donors (Lipinski definition) is 3. The smallest absolute Gasteiger partial charge is 0.227 e. The number of nitrogens with zero attached hydrogens (tertiary/aromatic N) is 1. The number of nitrogens with one attached hydrogen (secondary N) is 2. The molecule has 1 heterocycles. The molecule has 0 radical (unpaired) electrons. The van der Waals surface area contributed by atoms with Gasteiger partial charge in [0.1, 0.15) is 0 Å². The van der Waals surface area contributed by atoms with Gasteiger partial charge in [-0.05, 0) is 19.8 Å². The van der Waals surface area contributed by atoms with Crippen LogP contribution in [0, 0.1) is 5.41 Å². The van der Waals surface area contributed by atoms with Crippen LogP contribution in [0.4, 0.5) is 0 Å². The van der Waals surface area contributed by atoms with E-state index < -0.39 is 5.41 Å². The SMILES string of the molecule is CCCC(CN)(CCC)C(=O)NC(C)c1cn[nH]c1. The van der Waals surface area contributed by atoms with E-state index in [-0.39, 0.29) is 11.9 Å². The molecule has 0 aromatic carbocycles. The number of hydrogen-bond acceptors (Lipinski definition) is 3. The number of aromatic amines is 1. The van der Waals surface area contributed by atoms with Crippen LogP contribution in [0.2, 0.25) is 0 Å². The van der Waals surface area contributed by atoms with Gasteiger partial charge < -0.3 is 11.1 Å². The number of carbonyl (C=O) groups excluding carboxylic acids is 1. The second kappa shape index (κ2) is 7.28. The average molecular weight is 266 g/mol. The molecule has 19 heavy (non-hydrogen) atoms. The van der Waals surface area contributed by atoms with E-state index in [1.54, 1.807) is 12.4 Å². The van der Waals surface area contributed by atoms with Crippen molar-refractivity contribution in [2.45, 2.75) is 52.5 Å². The lowest BCUT2D eigenvalue weighted by Crippen LogP contribution is -2.46. The molecule has 0 saturated heterocycles. The van der Waals surface area contributed by atoms with Crippen LogP contribution in [0.25, 0.3) is 0 Å². The molecule has 4 N–H and O–H groups in total. The first-order valence-electron chi connectivity index (χ1n) is 7.09. The van der Waals surface area contributed by atoms with Gasteiger partial charge in [-0.1, -0.05) is 26.7 Å². The maximum absolute atomic E-state index is 12.6. The van der Waals surface area contributed by atoms with Crippen LogP contribution in [-0.4, -0.2) is 22.6 Å². The van der Waals surface area contributed by atoms with Crippen molar-refractivity contribution in [3.05, 3.63) is 18.0 Å². The van der Waals surface area contributed by atoms with E-state index in [4.69, 9.17) is 5.73 Å². The van der Waals surface area contributed by atoms with Gasteiger partial charge in [-0.2, -0.15) is 5.10 Å². The van der Waals surface area contributed by atoms with Crippen molar-refractivity contribution in [1.82, 2.24) is 15.5 Å². The van der Waals surface area contributed by atoms with Gasteiger partial charge in [-0.3, -0.25) is 9.89 Å². The van der Waals surface area contributed by atoms with Gasteiger partial charge >= 0.3 is 0 Å². The third-order valence-corrected chi connectivity index (χ3v) is 3.70. The van der Waals surface area contributed by atoms with Crippen LogP contribution in [0.5, 0.6) is 0 Å². The molecule has 0 aliphatic rings. The monoisotopic (exact) mass is 266 g/mol. The fourth-order valence-electron chi connectivity index (χ4n) is 2.54. The summed E-state index contributed by atoms with van der Waals surface area (Å²) in [5, 5.41) is 9.73. The number of amides is 1. The summed E-state index contributed by atoms with van der Waals surface area (Å²) in [5.74, 6) is 0.0624. The van der Waals surface area contributed by atoms with Crippen molar-refractivity contribution >= 4 is 5.91 Å². The van der Waals surface area contributed by atoms with Gasteiger partial charge in [-0.25, -0.2) is 0 Å². The zero-order valence-electron chi connectivity index (χ0n) is 12.2. The lowest BCUT2D eigenvalue weighted by molar-refractivity contribution is -0.132. The Morgan fingerprint density at radius 1 is 1.47 bits per heavy atom. The minimum Gasteiger partial charge on any atom is -0.349 e. The number of rotatable bonds is 8. The summed E-state index contributed by atoms with van der Waals surface area (Å²) in [6.07, 6.45) is 7.13. The van der Waals surface area contributed by atoms with Crippen molar-refractivity contribution in [1.29, 1.82) is 0 Å². The van der Waals surface area contributed by atoms with Crippen LogP contribution >= 0.6 is 0 Å². The Labute approximate surface area is 115 Å². The molecule has 5 heteroatoms. The fourth-order valence-corrected chi connectivity index (χ4v) is 2.54. The van der Waals surface area contributed by atoms with Gasteiger partial charge in [0.2, 0.25) is 5.91 Å². The van der Waals surface area contributed by atoms with Crippen molar-refractivity contribution in [2.24, 2.45) is 11.1 Å². The van der Waals surface area contributed by atoms with Crippen molar-refractivity contribution in [3.8, 4) is 0 Å². The summed E-state index contributed by atoms with van der Waals surface area (Å²) in [6.45, 7) is 6.54. The fraction of sp³-hybridized carbons (Fsp3) is 0.714. The standard InChI is InChI=1S/C14H26N4O/c1-4-6-14(10-15,7-5-2)13(19)18-11(3)12-8-16-17-9-12/h8-9,11H,4-7,10,15H2,1-3H3,(H,16,17)(H,18,19). The summed E-state index contributed by atoms with van der Waals surface area (Å²) >= 11 is 0. The first-order chi connectivity index (χ1) is 9.09. The van der Waals surface area contributed by atoms with Crippen LogP contribution in [0.15, 0.2) is 12.4 Å². The number of aromatic nitrogens is 2. The molecule has 0 fully saturated rings. The van der Waals surface area contributed by atoms with Gasteiger partial charge in [0.25, 0.3) is 0 Å². The van der Waals surface area contributed by atoms with Crippen LogP contribution in [0.3, 0.4) is 0 Å². The second-order valence-corrected chi connectivity index (χ2v) is 5.21. The highest BCUT2D eigenvalue weighted by atomic mass is 16.2. The van der Waals surface area contributed by atoms with E-state index in [0.29, 0.717) is 6.54 Å². The summed E-state index contributed by atoms with van der Waals surface area (Å²) in [6, 6.07) is -0.0501. The molecular weight excluding hydrogens is 240 g/mol. The number of H-pyrrole nitrogens is 1. The first kappa shape index (κ1) is 15.7. The summed E-state index contributed by atoms with van der Waals surface area (Å²) in [4.78, 5) is 12.6. The van der Waals surface area contributed by atoms with E-state index in [2.05, 4.69) is 29.4 Å². The van der Waals surface area contributed by atoms with Crippen molar-refractivity contribution in [2.75, 3.05) is 6.54 Å². The van der Waals surface area contributed by atoms with Gasteiger partial charge in [0.15, 0.2) is 0 Å². The zero-order valence-corrected chi connectivity index (χ0v) is 12.2. The van der Waals surface area contributed by atoms with Crippen molar-refractivity contribution < 1.29 is 4.79 Å². The van der Waals surface area contributed by atoms with Crippen LogP contribution < -0.4 is 11.1 Å². The third-order valence-electron chi connectivity index (χ3n) is 3.70. The molecule has 1 aromatic heterocycles. The van der Waals surface area contributed by atoms with Crippen LogP contribution in [-0.2, 0) is 4.79 Å². The molecule has 1 unspecified atom stereocenters. The minimum absolute atomic E-state index is 0.0501. The highest BCUT2D eigenvalue weighted by Gasteiger charge is 2.35. The Bertz CT molecular complexity index is 369. The van der Waals surface area contributed by atoms with E-state index in [1.165, 1.54) is 0 Å². The van der Waals surface area contributed by atoms with Crippen molar-refractivity contribution in [3.63, 3.8) is 0 Å². The lowest BCUT2D eigenvalue weighted by atomic mass is 9.78. The van der Waals surface area contributed by atoms with E-state index in [9.17, 15) is 4.79 Å². The molecule has 1 atom stereocenters. The maximum Gasteiger partial charge on any atom is 0.227 e. The van der Waals surface area contributed by atoms with Gasteiger partial charge in [-0.15, -0.1) is 0 Å². The molecule has 0 saturated carbocycles. The molecule has 0 bridgehead atoms. The largest absolute Gasteiger partial charge is 0.349 e. The predicted molar refractivity (Wildman–Crippen MR) is 76.4 cm³/mol. The Morgan fingerprint density at radius 2 is 2.11 bits per heavy atom. The molecular formula is C14H26N4O. The topological polar surface area (TPSA) is 83.8 Å². The molecule has 108 valence electrons. The average Bonchev–Trinajstić information content (AvgIpc) is 2.92. The molecule has 5 nitrogen and oxygen atoms in total. The first-order valence-corrected chi connectivity index (χ1v) is 7.09. The molecule has 0 aliphatic carbocycles. The van der Waals surface area contributed by atoms with Crippen LogP contribution in [0.1, 0.15) is 58.1 Å². The third kappa shape index (κ3) is 3.80. The van der Waals surface area contributed by atoms with Gasteiger partial charge in [0, 0.05) is 18.3 Å². The Kier molecular flexibility index (Phi) is 6.02. The quantitative estimate of drug-likeness (QED) is 0.674. The predicted octanol–water partition coefficient (Wildman–Crippen LogP) is 2.13. The summed E-state index contributed by atoms with van der Waals surface area (Å²) < 4.78 is 0. The molecule has 0 spiro atoms. The minimum atomic E-state index is -0.429. The van der Waals surface area contributed by atoms with E-state index >= 15 is 0 Å². The second-order valence-electron chi connectivity index (χ2n) is 5.21. The summed E-state index contributed by atoms with van der Waals surface area (Å²) in [7, 11) is 0. The van der Waals surface area contributed by atoms with E-state index in [1.807, 2.05) is 6.92 Å².